The summed E-state index contributed by atoms with van der Waals surface area (Å²) in [6.45, 7) is 0. The minimum Gasteiger partial charge on any atom is -0.258 e. The molecule has 0 atom stereocenters. The van der Waals surface area contributed by atoms with E-state index in [4.69, 9.17) is 5.26 Å². The summed E-state index contributed by atoms with van der Waals surface area (Å²) in [7, 11) is 0. The van der Waals surface area contributed by atoms with Gasteiger partial charge in [0.1, 0.15) is 11.6 Å². The average molecular weight is 194 g/mol. The van der Waals surface area contributed by atoms with Gasteiger partial charge in [0, 0.05) is 11.0 Å². The molecule has 0 aliphatic rings. The first-order valence-electron chi connectivity index (χ1n) is 3.41. The Bertz CT molecular complexity index is 384. The van der Waals surface area contributed by atoms with Gasteiger partial charge in [-0.1, -0.05) is 0 Å². The third-order valence-corrected chi connectivity index (χ3v) is 2.25. The van der Waals surface area contributed by atoms with Crippen molar-refractivity contribution >= 4 is 17.4 Å². The lowest BCUT2D eigenvalue weighted by molar-refractivity contribution is -0.385. The summed E-state index contributed by atoms with van der Waals surface area (Å²) in [6.07, 6.45) is 1.85. The number of nitro groups is 1. The van der Waals surface area contributed by atoms with Gasteiger partial charge >= 0.3 is 0 Å². The lowest BCUT2D eigenvalue weighted by atomic mass is 10.2. The molecule has 1 aromatic rings. The van der Waals surface area contributed by atoms with E-state index >= 15 is 0 Å². The molecule has 0 bridgehead atoms. The average Bonchev–Trinajstić information content (AvgIpc) is 2.16. The topological polar surface area (TPSA) is 66.9 Å². The van der Waals surface area contributed by atoms with E-state index in [1.54, 1.807) is 12.1 Å². The van der Waals surface area contributed by atoms with E-state index in [0.717, 1.165) is 4.90 Å². The minimum absolute atomic E-state index is 0.108. The molecule has 0 aliphatic heterocycles. The molecule has 66 valence electrons. The molecular weight excluding hydrogens is 188 g/mol. The first-order valence-corrected chi connectivity index (χ1v) is 4.64. The molecular formula is C8H6N2O2S. The van der Waals surface area contributed by atoms with Crippen LogP contribution in [0.5, 0.6) is 0 Å². The van der Waals surface area contributed by atoms with Gasteiger partial charge in [0.25, 0.3) is 5.69 Å². The van der Waals surface area contributed by atoms with Gasteiger partial charge in [-0.2, -0.15) is 5.26 Å². The Labute approximate surface area is 79.3 Å². The standard InChI is InChI=1S/C8H6N2O2S/c1-13-7-2-3-8(10(11)12)6(4-7)5-9/h2-4H,1H3. The SMILES string of the molecule is CSc1ccc([N+](=O)[O-])c(C#N)c1. The number of rotatable bonds is 2. The van der Waals surface area contributed by atoms with Gasteiger partial charge in [0.2, 0.25) is 0 Å². The highest BCUT2D eigenvalue weighted by Crippen LogP contribution is 2.23. The third kappa shape index (κ3) is 1.98. The third-order valence-electron chi connectivity index (χ3n) is 1.52. The van der Waals surface area contributed by atoms with Crippen LogP contribution in [-0.4, -0.2) is 11.2 Å². The lowest BCUT2D eigenvalue weighted by Gasteiger charge is -1.97. The number of hydrogen-bond acceptors (Lipinski definition) is 4. The Morgan fingerprint density at radius 2 is 2.31 bits per heavy atom. The minimum atomic E-state index is -0.553. The number of hydrogen-bond donors (Lipinski definition) is 0. The van der Waals surface area contributed by atoms with E-state index in [1.807, 2.05) is 6.26 Å². The smallest absolute Gasteiger partial charge is 0.258 e. The Balaban J connectivity index is 3.26. The summed E-state index contributed by atoms with van der Waals surface area (Å²) in [5, 5.41) is 19.1. The molecule has 0 spiro atoms. The zero-order valence-corrected chi connectivity index (χ0v) is 7.67. The van der Waals surface area contributed by atoms with Gasteiger partial charge in [-0.25, -0.2) is 0 Å². The second-order valence-electron chi connectivity index (χ2n) is 2.25. The largest absolute Gasteiger partial charge is 0.287 e. The van der Waals surface area contributed by atoms with Crippen LogP contribution in [0.25, 0.3) is 0 Å². The number of nitrogens with zero attached hydrogens (tertiary/aromatic N) is 2. The fraction of sp³-hybridized carbons (Fsp3) is 0.125. The maximum absolute atomic E-state index is 10.4. The molecule has 0 aliphatic carbocycles. The Hall–Kier alpha value is -1.54. The fourth-order valence-electron chi connectivity index (χ4n) is 0.891. The van der Waals surface area contributed by atoms with Crippen molar-refractivity contribution in [3.63, 3.8) is 0 Å². The van der Waals surface area contributed by atoms with Crippen molar-refractivity contribution in [3.8, 4) is 6.07 Å². The molecule has 0 radical (unpaired) electrons. The normalized spacial score (nSPS) is 9.23. The van der Waals surface area contributed by atoms with Crippen molar-refractivity contribution in [2.24, 2.45) is 0 Å². The number of nitriles is 1. The highest BCUT2D eigenvalue weighted by molar-refractivity contribution is 7.98. The summed E-state index contributed by atoms with van der Waals surface area (Å²) < 4.78 is 0. The molecule has 0 amide bonds. The number of nitro benzene ring substituents is 1. The van der Waals surface area contributed by atoms with Crippen LogP contribution in [0.3, 0.4) is 0 Å². The summed E-state index contributed by atoms with van der Waals surface area (Å²) in [6, 6.07) is 6.29. The first-order chi connectivity index (χ1) is 6.19. The predicted octanol–water partition coefficient (Wildman–Crippen LogP) is 2.19. The van der Waals surface area contributed by atoms with Gasteiger partial charge in [-0.3, -0.25) is 10.1 Å². The molecule has 4 nitrogen and oxygen atoms in total. The number of benzene rings is 1. The summed E-state index contributed by atoms with van der Waals surface area (Å²) >= 11 is 1.45. The van der Waals surface area contributed by atoms with E-state index in [1.165, 1.54) is 23.9 Å². The molecule has 5 heteroatoms. The van der Waals surface area contributed by atoms with Crippen LogP contribution in [-0.2, 0) is 0 Å². The van der Waals surface area contributed by atoms with Crippen molar-refractivity contribution in [1.82, 2.24) is 0 Å². The zero-order chi connectivity index (χ0) is 9.84. The quantitative estimate of drug-likeness (QED) is 0.411. The van der Waals surface area contributed by atoms with Crippen molar-refractivity contribution in [2.45, 2.75) is 4.90 Å². The summed E-state index contributed by atoms with van der Waals surface area (Å²) in [5.74, 6) is 0. The molecule has 13 heavy (non-hydrogen) atoms. The predicted molar refractivity (Wildman–Crippen MR) is 49.6 cm³/mol. The van der Waals surface area contributed by atoms with E-state index < -0.39 is 4.92 Å². The molecule has 0 fully saturated rings. The van der Waals surface area contributed by atoms with E-state index in [-0.39, 0.29) is 11.3 Å². The Morgan fingerprint density at radius 3 is 2.77 bits per heavy atom. The molecule has 0 saturated heterocycles. The van der Waals surface area contributed by atoms with Crippen molar-refractivity contribution in [1.29, 1.82) is 5.26 Å². The van der Waals surface area contributed by atoms with E-state index in [0.29, 0.717) is 0 Å². The van der Waals surface area contributed by atoms with Gasteiger partial charge in [-0.05, 0) is 18.4 Å². The highest BCUT2D eigenvalue weighted by Gasteiger charge is 2.12. The van der Waals surface area contributed by atoms with Gasteiger partial charge in [-0.15, -0.1) is 11.8 Å². The summed E-state index contributed by atoms with van der Waals surface area (Å²) in [4.78, 5) is 10.7. The fourth-order valence-corrected chi connectivity index (χ4v) is 1.33. The molecule has 1 rings (SSSR count). The van der Waals surface area contributed by atoms with Crippen LogP contribution >= 0.6 is 11.8 Å². The Kier molecular flexibility index (Phi) is 2.88. The monoisotopic (exact) mass is 194 g/mol. The van der Waals surface area contributed by atoms with Gasteiger partial charge < -0.3 is 0 Å². The van der Waals surface area contributed by atoms with Crippen LogP contribution in [0.15, 0.2) is 23.1 Å². The first kappa shape index (κ1) is 9.55. The Morgan fingerprint density at radius 1 is 1.62 bits per heavy atom. The molecule has 0 heterocycles. The van der Waals surface area contributed by atoms with Crippen LogP contribution in [0, 0.1) is 21.4 Å². The van der Waals surface area contributed by atoms with Gasteiger partial charge in [0.05, 0.1) is 4.92 Å². The maximum Gasteiger partial charge on any atom is 0.287 e. The van der Waals surface area contributed by atoms with Crippen LogP contribution in [0.2, 0.25) is 0 Å². The molecule has 0 N–H and O–H groups in total. The van der Waals surface area contributed by atoms with E-state index in [2.05, 4.69) is 0 Å². The molecule has 1 aromatic carbocycles. The second-order valence-corrected chi connectivity index (χ2v) is 3.13. The number of thioether (sulfide) groups is 1. The maximum atomic E-state index is 10.4. The molecule has 0 saturated carbocycles. The zero-order valence-electron chi connectivity index (χ0n) is 6.85. The van der Waals surface area contributed by atoms with Crippen LogP contribution < -0.4 is 0 Å². The second kappa shape index (κ2) is 3.92. The highest BCUT2D eigenvalue weighted by atomic mass is 32.2. The lowest BCUT2D eigenvalue weighted by Crippen LogP contribution is -1.91. The van der Waals surface area contributed by atoms with Crippen molar-refractivity contribution in [3.05, 3.63) is 33.9 Å². The molecule has 0 unspecified atom stereocenters. The van der Waals surface area contributed by atoms with Crippen LogP contribution in [0.4, 0.5) is 5.69 Å². The summed E-state index contributed by atoms with van der Waals surface area (Å²) in [5.41, 5.74) is -0.0304. The van der Waals surface area contributed by atoms with Crippen molar-refractivity contribution < 1.29 is 4.92 Å². The van der Waals surface area contributed by atoms with Crippen LogP contribution in [0.1, 0.15) is 5.56 Å². The van der Waals surface area contributed by atoms with E-state index in [9.17, 15) is 10.1 Å². The molecule has 0 aromatic heterocycles. The van der Waals surface area contributed by atoms with Crippen molar-refractivity contribution in [2.75, 3.05) is 6.26 Å². The van der Waals surface area contributed by atoms with Gasteiger partial charge in [0.15, 0.2) is 0 Å².